The van der Waals surface area contributed by atoms with Crippen molar-refractivity contribution >= 4 is 40.4 Å². The molecule has 1 aromatic heterocycles. The summed E-state index contributed by atoms with van der Waals surface area (Å²) in [4.78, 5) is 39.6. The van der Waals surface area contributed by atoms with Crippen molar-refractivity contribution in [3.8, 4) is 5.69 Å². The molecule has 1 N–H and O–H groups in total. The molecule has 2 heterocycles. The summed E-state index contributed by atoms with van der Waals surface area (Å²) in [5.41, 5.74) is 4.74. The lowest BCUT2D eigenvalue weighted by molar-refractivity contribution is -0.122. The van der Waals surface area contributed by atoms with Crippen LogP contribution >= 0.6 is 0 Å². The first-order valence-electron chi connectivity index (χ1n) is 11.0. The van der Waals surface area contributed by atoms with E-state index in [4.69, 9.17) is 0 Å². The zero-order valence-corrected chi connectivity index (χ0v) is 19.1. The molecule has 0 aliphatic carbocycles. The molecule has 1 aliphatic rings. The van der Waals surface area contributed by atoms with Crippen LogP contribution in [-0.4, -0.2) is 22.4 Å². The molecule has 0 spiro atoms. The zero-order valence-electron chi connectivity index (χ0n) is 19.1. The van der Waals surface area contributed by atoms with Crippen molar-refractivity contribution in [1.82, 2.24) is 9.88 Å². The van der Waals surface area contributed by atoms with Crippen LogP contribution in [0.5, 0.6) is 0 Å². The maximum atomic E-state index is 13.3. The van der Waals surface area contributed by atoms with E-state index in [2.05, 4.69) is 34.1 Å². The highest BCUT2D eigenvalue weighted by molar-refractivity contribution is 6.39. The Bertz CT molecular complexity index is 1520. The number of nitrogens with one attached hydrogen (secondary N) is 1. The number of hydrogen-bond acceptors (Lipinski definition) is 3. The third-order valence-electron chi connectivity index (χ3n) is 6.24. The fourth-order valence-corrected chi connectivity index (χ4v) is 4.55. The average molecular weight is 450 g/mol. The topological polar surface area (TPSA) is 71.4 Å². The van der Waals surface area contributed by atoms with Crippen molar-refractivity contribution in [2.75, 3.05) is 4.90 Å². The minimum absolute atomic E-state index is 0.0824. The maximum Gasteiger partial charge on any atom is 0.335 e. The van der Waals surface area contributed by atoms with E-state index in [1.807, 2.05) is 57.2 Å². The van der Waals surface area contributed by atoms with E-state index < -0.39 is 17.8 Å². The van der Waals surface area contributed by atoms with E-state index in [1.165, 1.54) is 0 Å². The monoisotopic (exact) mass is 449 g/mol. The van der Waals surface area contributed by atoms with E-state index in [1.54, 1.807) is 18.2 Å². The lowest BCUT2D eigenvalue weighted by Gasteiger charge is -2.27. The molecule has 1 saturated heterocycles. The van der Waals surface area contributed by atoms with Crippen molar-refractivity contribution in [2.24, 2.45) is 0 Å². The number of carbonyl (C=O) groups is 3. The molecule has 0 atom stereocenters. The van der Waals surface area contributed by atoms with Gasteiger partial charge in [0, 0.05) is 16.8 Å². The molecule has 0 bridgehead atoms. The van der Waals surface area contributed by atoms with Crippen LogP contribution in [0.1, 0.15) is 22.5 Å². The SMILES string of the molecule is Cc1ccccc1N1C(=O)NC(=O)/C(=C\c2cc(C)n(-c3cccc4ccccc34)c2C)C1=O. The number of aromatic nitrogens is 1. The summed E-state index contributed by atoms with van der Waals surface area (Å²) < 4.78 is 2.12. The van der Waals surface area contributed by atoms with E-state index in [9.17, 15) is 14.4 Å². The summed E-state index contributed by atoms with van der Waals surface area (Å²) in [6.07, 6.45) is 1.57. The molecule has 4 amide bonds. The van der Waals surface area contributed by atoms with Gasteiger partial charge in [0.15, 0.2) is 0 Å². The summed E-state index contributed by atoms with van der Waals surface area (Å²) in [5, 5.41) is 4.54. The number of fused-ring (bicyclic) bond motifs is 1. The van der Waals surface area contributed by atoms with Gasteiger partial charge in [0.25, 0.3) is 11.8 Å². The van der Waals surface area contributed by atoms with Crippen LogP contribution in [0.25, 0.3) is 22.5 Å². The van der Waals surface area contributed by atoms with E-state index >= 15 is 0 Å². The number of imide groups is 2. The summed E-state index contributed by atoms with van der Waals surface area (Å²) in [7, 11) is 0. The fraction of sp³-hybridized carbons (Fsp3) is 0.107. The Labute approximate surface area is 197 Å². The standard InChI is InChI=1S/C28H23N3O3/c1-17-9-4-7-13-24(17)31-27(33)23(26(32)29-28(31)34)16-21-15-18(2)30(19(21)3)25-14-8-11-20-10-5-6-12-22(20)25/h4-16H,1-3H3,(H,29,32,34)/b23-16+. The second-order valence-corrected chi connectivity index (χ2v) is 8.40. The average Bonchev–Trinajstić information content (AvgIpc) is 3.10. The summed E-state index contributed by atoms with van der Waals surface area (Å²) in [5.74, 6) is -1.34. The lowest BCUT2D eigenvalue weighted by Crippen LogP contribution is -2.54. The van der Waals surface area contributed by atoms with Crippen LogP contribution in [0.2, 0.25) is 0 Å². The Kier molecular flexibility index (Phi) is 5.13. The number of amides is 4. The summed E-state index contributed by atoms with van der Waals surface area (Å²) in [6.45, 7) is 5.76. The first-order valence-corrected chi connectivity index (χ1v) is 11.0. The smallest absolute Gasteiger partial charge is 0.317 e. The van der Waals surface area contributed by atoms with Crippen LogP contribution in [0.15, 0.2) is 78.4 Å². The van der Waals surface area contributed by atoms with Gasteiger partial charge in [0.05, 0.1) is 11.4 Å². The molecule has 1 fully saturated rings. The van der Waals surface area contributed by atoms with Crippen molar-refractivity contribution < 1.29 is 14.4 Å². The molecule has 34 heavy (non-hydrogen) atoms. The number of nitrogens with zero attached hydrogens (tertiary/aromatic N) is 2. The van der Waals surface area contributed by atoms with E-state index in [0.29, 0.717) is 5.69 Å². The van der Waals surface area contributed by atoms with Gasteiger partial charge >= 0.3 is 6.03 Å². The molecule has 6 nitrogen and oxygen atoms in total. The highest BCUT2D eigenvalue weighted by atomic mass is 16.2. The van der Waals surface area contributed by atoms with Crippen LogP contribution < -0.4 is 10.2 Å². The highest BCUT2D eigenvalue weighted by Gasteiger charge is 2.37. The number of para-hydroxylation sites is 1. The first-order chi connectivity index (χ1) is 16.4. The van der Waals surface area contributed by atoms with Crippen molar-refractivity contribution in [2.45, 2.75) is 20.8 Å². The molecule has 0 saturated carbocycles. The number of urea groups is 1. The van der Waals surface area contributed by atoms with Gasteiger partial charge in [-0.05, 0) is 61.6 Å². The van der Waals surface area contributed by atoms with Crippen LogP contribution in [0, 0.1) is 20.8 Å². The van der Waals surface area contributed by atoms with Gasteiger partial charge in [-0.1, -0.05) is 54.6 Å². The van der Waals surface area contributed by atoms with E-state index in [-0.39, 0.29) is 5.57 Å². The van der Waals surface area contributed by atoms with Crippen LogP contribution in [-0.2, 0) is 9.59 Å². The lowest BCUT2D eigenvalue weighted by atomic mass is 10.1. The quantitative estimate of drug-likeness (QED) is 0.344. The highest BCUT2D eigenvalue weighted by Crippen LogP contribution is 2.30. The number of hydrogen-bond donors (Lipinski definition) is 1. The Morgan fingerprint density at radius 1 is 0.794 bits per heavy atom. The van der Waals surface area contributed by atoms with Gasteiger partial charge in [-0.3, -0.25) is 14.9 Å². The zero-order chi connectivity index (χ0) is 24.0. The van der Waals surface area contributed by atoms with Crippen LogP contribution in [0.3, 0.4) is 0 Å². The van der Waals surface area contributed by atoms with Gasteiger partial charge in [-0.15, -0.1) is 0 Å². The van der Waals surface area contributed by atoms with Crippen molar-refractivity contribution in [1.29, 1.82) is 0 Å². The van der Waals surface area contributed by atoms with Gasteiger partial charge in [-0.2, -0.15) is 0 Å². The third kappa shape index (κ3) is 3.40. The second-order valence-electron chi connectivity index (χ2n) is 8.40. The summed E-state index contributed by atoms with van der Waals surface area (Å²) >= 11 is 0. The first kappa shape index (κ1) is 21.4. The Hall–Kier alpha value is -4.45. The van der Waals surface area contributed by atoms with Gasteiger partial charge in [0.1, 0.15) is 5.57 Å². The number of barbiturate groups is 1. The van der Waals surface area contributed by atoms with Crippen molar-refractivity contribution in [3.05, 3.63) is 101 Å². The molecular formula is C28H23N3O3. The maximum absolute atomic E-state index is 13.3. The minimum atomic E-state index is -0.748. The Balaban J connectivity index is 1.61. The molecule has 4 aromatic rings. The number of benzene rings is 3. The van der Waals surface area contributed by atoms with Gasteiger partial charge in [0.2, 0.25) is 0 Å². The molecular weight excluding hydrogens is 426 g/mol. The normalized spacial score (nSPS) is 15.3. The Morgan fingerprint density at radius 2 is 1.47 bits per heavy atom. The predicted molar refractivity (Wildman–Crippen MR) is 133 cm³/mol. The summed E-state index contributed by atoms with van der Waals surface area (Å²) in [6, 6.07) is 22.6. The minimum Gasteiger partial charge on any atom is -0.317 e. The molecule has 0 unspecified atom stereocenters. The molecule has 6 heteroatoms. The molecule has 1 aliphatic heterocycles. The molecule has 0 radical (unpaired) electrons. The number of aryl methyl sites for hydroxylation is 2. The molecule has 3 aromatic carbocycles. The van der Waals surface area contributed by atoms with Crippen molar-refractivity contribution in [3.63, 3.8) is 0 Å². The van der Waals surface area contributed by atoms with Gasteiger partial charge in [-0.25, -0.2) is 9.69 Å². The number of anilines is 1. The fourth-order valence-electron chi connectivity index (χ4n) is 4.55. The third-order valence-corrected chi connectivity index (χ3v) is 6.24. The Morgan fingerprint density at radius 3 is 2.26 bits per heavy atom. The largest absolute Gasteiger partial charge is 0.335 e. The number of carbonyl (C=O) groups excluding carboxylic acids is 3. The predicted octanol–water partition coefficient (Wildman–Crippen LogP) is 5.22. The second kappa shape index (κ2) is 8.15. The van der Waals surface area contributed by atoms with E-state index in [0.717, 1.165) is 43.9 Å². The van der Waals surface area contributed by atoms with Crippen LogP contribution in [0.4, 0.5) is 10.5 Å². The molecule has 168 valence electrons. The molecule has 5 rings (SSSR count). The van der Waals surface area contributed by atoms with Gasteiger partial charge < -0.3 is 4.57 Å². The number of rotatable bonds is 3.